The maximum absolute atomic E-state index is 5.70. The standard InChI is InChI=1S/C19H21N5/c20-11-16-10-19-14(12-22-16)3-4-18(23-19)15-2-1-9-24(13-15)17-5-7-21-8-6-17/h3-8,10,12,15H,1-2,9,11,13,20H2. The molecule has 3 aromatic heterocycles. The summed E-state index contributed by atoms with van der Waals surface area (Å²) in [7, 11) is 0. The number of nitrogens with zero attached hydrogens (tertiary/aromatic N) is 4. The van der Waals surface area contributed by atoms with Crippen LogP contribution < -0.4 is 10.6 Å². The van der Waals surface area contributed by atoms with Crippen LogP contribution in [0.5, 0.6) is 0 Å². The van der Waals surface area contributed by atoms with Gasteiger partial charge >= 0.3 is 0 Å². The lowest BCUT2D eigenvalue weighted by Crippen LogP contribution is -2.34. The van der Waals surface area contributed by atoms with E-state index in [1.165, 1.54) is 18.5 Å². The van der Waals surface area contributed by atoms with Gasteiger partial charge in [0.1, 0.15) is 0 Å². The van der Waals surface area contributed by atoms with Crippen LogP contribution in [0.3, 0.4) is 0 Å². The summed E-state index contributed by atoms with van der Waals surface area (Å²) in [5, 5.41) is 1.07. The van der Waals surface area contributed by atoms with E-state index in [0.29, 0.717) is 12.5 Å². The smallest absolute Gasteiger partial charge is 0.0739 e. The Labute approximate surface area is 141 Å². The second kappa shape index (κ2) is 6.53. The lowest BCUT2D eigenvalue weighted by molar-refractivity contribution is 0.502. The van der Waals surface area contributed by atoms with Crippen molar-refractivity contribution in [1.29, 1.82) is 0 Å². The summed E-state index contributed by atoms with van der Waals surface area (Å²) in [4.78, 5) is 15.8. The molecular formula is C19H21N5. The third-order valence-electron chi connectivity index (χ3n) is 4.73. The Morgan fingerprint density at radius 1 is 1.17 bits per heavy atom. The van der Waals surface area contributed by atoms with E-state index in [2.05, 4.69) is 39.1 Å². The molecule has 2 N–H and O–H groups in total. The van der Waals surface area contributed by atoms with Crippen LogP contribution in [0.15, 0.2) is 48.9 Å². The first-order valence-corrected chi connectivity index (χ1v) is 8.44. The molecule has 0 saturated carbocycles. The Morgan fingerprint density at radius 3 is 2.88 bits per heavy atom. The number of anilines is 1. The fourth-order valence-corrected chi connectivity index (χ4v) is 3.42. The zero-order valence-electron chi connectivity index (χ0n) is 13.6. The van der Waals surface area contributed by atoms with Gasteiger partial charge in [-0.15, -0.1) is 0 Å². The van der Waals surface area contributed by atoms with Crippen LogP contribution in [0.4, 0.5) is 5.69 Å². The summed E-state index contributed by atoms with van der Waals surface area (Å²) in [5.41, 5.74) is 9.98. The zero-order chi connectivity index (χ0) is 16.4. The summed E-state index contributed by atoms with van der Waals surface area (Å²) >= 11 is 0. The summed E-state index contributed by atoms with van der Waals surface area (Å²) < 4.78 is 0. The van der Waals surface area contributed by atoms with Gasteiger partial charge in [0, 0.05) is 60.9 Å². The van der Waals surface area contributed by atoms with E-state index in [4.69, 9.17) is 10.7 Å². The molecule has 1 unspecified atom stereocenters. The van der Waals surface area contributed by atoms with Crippen molar-refractivity contribution in [2.24, 2.45) is 5.73 Å². The van der Waals surface area contributed by atoms with Crippen molar-refractivity contribution in [3.63, 3.8) is 0 Å². The summed E-state index contributed by atoms with van der Waals surface area (Å²) in [6.45, 7) is 2.54. The average molecular weight is 319 g/mol. The quantitative estimate of drug-likeness (QED) is 0.804. The largest absolute Gasteiger partial charge is 0.371 e. The molecule has 5 heteroatoms. The lowest BCUT2D eigenvalue weighted by Gasteiger charge is -2.34. The van der Waals surface area contributed by atoms with Crippen molar-refractivity contribution in [2.75, 3.05) is 18.0 Å². The van der Waals surface area contributed by atoms with E-state index in [0.717, 1.165) is 35.4 Å². The number of nitrogens with two attached hydrogens (primary N) is 1. The molecule has 0 aliphatic carbocycles. The highest BCUT2D eigenvalue weighted by Gasteiger charge is 2.22. The molecule has 0 bridgehead atoms. The molecule has 4 rings (SSSR count). The Kier molecular flexibility index (Phi) is 4.09. The molecule has 1 aliphatic rings. The number of hydrogen-bond donors (Lipinski definition) is 1. The maximum atomic E-state index is 5.70. The second-order valence-corrected chi connectivity index (χ2v) is 6.30. The van der Waals surface area contributed by atoms with E-state index in [9.17, 15) is 0 Å². The molecule has 0 aromatic carbocycles. The number of hydrogen-bond acceptors (Lipinski definition) is 5. The summed E-state index contributed by atoms with van der Waals surface area (Å²) in [5.74, 6) is 0.450. The van der Waals surface area contributed by atoms with Gasteiger partial charge in [-0.1, -0.05) is 0 Å². The van der Waals surface area contributed by atoms with Crippen LogP contribution in [0.25, 0.3) is 10.9 Å². The number of piperidine rings is 1. The van der Waals surface area contributed by atoms with Gasteiger partial charge in [0.05, 0.1) is 11.2 Å². The molecule has 4 heterocycles. The Hall–Kier alpha value is -2.53. The first-order chi connectivity index (χ1) is 11.8. The van der Waals surface area contributed by atoms with Crippen molar-refractivity contribution in [3.05, 3.63) is 60.3 Å². The SMILES string of the molecule is NCc1cc2nc(C3CCCN(c4ccncc4)C3)ccc2cn1. The van der Waals surface area contributed by atoms with E-state index >= 15 is 0 Å². The first-order valence-electron chi connectivity index (χ1n) is 8.44. The highest BCUT2D eigenvalue weighted by Crippen LogP contribution is 2.29. The molecular weight excluding hydrogens is 298 g/mol. The first kappa shape index (κ1) is 15.0. The topological polar surface area (TPSA) is 67.9 Å². The molecule has 3 aromatic rings. The molecule has 0 amide bonds. The van der Waals surface area contributed by atoms with Gasteiger partial charge < -0.3 is 10.6 Å². The molecule has 122 valence electrons. The van der Waals surface area contributed by atoms with Crippen LogP contribution in [0.1, 0.15) is 30.1 Å². The molecule has 5 nitrogen and oxygen atoms in total. The Balaban J connectivity index is 1.61. The highest BCUT2D eigenvalue weighted by molar-refractivity contribution is 5.78. The Morgan fingerprint density at radius 2 is 2.04 bits per heavy atom. The van der Waals surface area contributed by atoms with Gasteiger partial charge in [-0.05, 0) is 43.2 Å². The molecule has 1 atom stereocenters. The molecule has 24 heavy (non-hydrogen) atoms. The minimum Gasteiger partial charge on any atom is -0.371 e. The predicted molar refractivity (Wildman–Crippen MR) is 95.9 cm³/mol. The van der Waals surface area contributed by atoms with Gasteiger partial charge in [0.25, 0.3) is 0 Å². The normalized spacial score (nSPS) is 18.0. The molecule has 1 saturated heterocycles. The molecule has 0 spiro atoms. The predicted octanol–water partition coefficient (Wildman–Crippen LogP) is 2.87. The average Bonchev–Trinajstić information content (AvgIpc) is 2.68. The minimum absolute atomic E-state index is 0.446. The number of pyridine rings is 3. The van der Waals surface area contributed by atoms with E-state index < -0.39 is 0 Å². The van der Waals surface area contributed by atoms with Crippen molar-refractivity contribution < 1.29 is 0 Å². The van der Waals surface area contributed by atoms with Crippen molar-refractivity contribution in [2.45, 2.75) is 25.3 Å². The Bertz CT molecular complexity index is 834. The van der Waals surface area contributed by atoms with Crippen LogP contribution in [-0.2, 0) is 6.54 Å². The van der Waals surface area contributed by atoms with Crippen molar-refractivity contribution in [3.8, 4) is 0 Å². The van der Waals surface area contributed by atoms with Crippen LogP contribution in [-0.4, -0.2) is 28.0 Å². The summed E-state index contributed by atoms with van der Waals surface area (Å²) in [6.07, 6.45) is 7.92. The fourth-order valence-electron chi connectivity index (χ4n) is 3.42. The number of rotatable bonds is 3. The minimum atomic E-state index is 0.446. The van der Waals surface area contributed by atoms with E-state index in [-0.39, 0.29) is 0 Å². The zero-order valence-corrected chi connectivity index (χ0v) is 13.6. The van der Waals surface area contributed by atoms with E-state index in [1.54, 1.807) is 0 Å². The van der Waals surface area contributed by atoms with Gasteiger partial charge in [0.2, 0.25) is 0 Å². The van der Waals surface area contributed by atoms with Crippen LogP contribution in [0, 0.1) is 0 Å². The molecule has 1 fully saturated rings. The van der Waals surface area contributed by atoms with Gasteiger partial charge in [0.15, 0.2) is 0 Å². The third-order valence-corrected chi connectivity index (χ3v) is 4.73. The van der Waals surface area contributed by atoms with Crippen LogP contribution in [0.2, 0.25) is 0 Å². The molecule has 0 radical (unpaired) electrons. The highest BCUT2D eigenvalue weighted by atomic mass is 15.1. The van der Waals surface area contributed by atoms with Gasteiger partial charge in [-0.3, -0.25) is 15.0 Å². The number of fused-ring (bicyclic) bond motifs is 1. The maximum Gasteiger partial charge on any atom is 0.0739 e. The lowest BCUT2D eigenvalue weighted by atomic mass is 9.93. The van der Waals surface area contributed by atoms with Gasteiger partial charge in [-0.25, -0.2) is 0 Å². The van der Waals surface area contributed by atoms with Crippen LogP contribution >= 0.6 is 0 Å². The van der Waals surface area contributed by atoms with E-state index in [1.807, 2.05) is 24.7 Å². The summed E-state index contributed by atoms with van der Waals surface area (Å²) in [6, 6.07) is 10.4. The van der Waals surface area contributed by atoms with Crippen molar-refractivity contribution >= 4 is 16.6 Å². The number of aromatic nitrogens is 3. The van der Waals surface area contributed by atoms with Crippen molar-refractivity contribution in [1.82, 2.24) is 15.0 Å². The molecule has 1 aliphatic heterocycles. The second-order valence-electron chi connectivity index (χ2n) is 6.30. The van der Waals surface area contributed by atoms with Gasteiger partial charge in [-0.2, -0.15) is 0 Å². The third kappa shape index (κ3) is 2.95. The fraction of sp³-hybridized carbons (Fsp3) is 0.316. The monoisotopic (exact) mass is 319 g/mol.